The summed E-state index contributed by atoms with van der Waals surface area (Å²) in [5.41, 5.74) is 7.15. The van der Waals surface area contributed by atoms with E-state index in [1.807, 2.05) is 6.07 Å². The third kappa shape index (κ3) is 3.70. The van der Waals surface area contributed by atoms with Crippen LogP contribution in [0.2, 0.25) is 10.0 Å². The Hall–Kier alpha value is -0.850. The Bertz CT molecular complexity index is 620. The van der Waals surface area contributed by atoms with E-state index in [0.717, 1.165) is 18.4 Å². The van der Waals surface area contributed by atoms with Crippen LogP contribution >= 0.6 is 23.2 Å². The predicted octanol–water partition coefficient (Wildman–Crippen LogP) is 2.62. The molecule has 2 N–H and O–H groups in total. The summed E-state index contributed by atoms with van der Waals surface area (Å²) in [7, 11) is 1.80. The molecule has 132 valence electrons. The highest BCUT2D eigenvalue weighted by molar-refractivity contribution is 6.42. The van der Waals surface area contributed by atoms with Gasteiger partial charge in [0, 0.05) is 32.0 Å². The molecule has 0 radical (unpaired) electrons. The SMILES string of the molecule is CN(C(=O)Cc1ccc(Cl)c(Cl)c1)[C@H]1CCC2(C[C@@H]1N)OCCO2. The highest BCUT2D eigenvalue weighted by Gasteiger charge is 2.45. The minimum Gasteiger partial charge on any atom is -0.347 e. The smallest absolute Gasteiger partial charge is 0.227 e. The number of rotatable bonds is 3. The number of ether oxygens (including phenoxy) is 2. The Morgan fingerprint density at radius 1 is 1.33 bits per heavy atom. The van der Waals surface area contributed by atoms with Crippen LogP contribution in [0.3, 0.4) is 0 Å². The molecule has 5 nitrogen and oxygen atoms in total. The van der Waals surface area contributed by atoms with E-state index >= 15 is 0 Å². The lowest BCUT2D eigenvalue weighted by molar-refractivity contribution is -0.188. The van der Waals surface area contributed by atoms with Crippen molar-refractivity contribution >= 4 is 29.1 Å². The van der Waals surface area contributed by atoms with Gasteiger partial charge < -0.3 is 20.1 Å². The van der Waals surface area contributed by atoms with Crippen molar-refractivity contribution in [3.8, 4) is 0 Å². The van der Waals surface area contributed by atoms with E-state index in [1.54, 1.807) is 24.1 Å². The van der Waals surface area contributed by atoms with Gasteiger partial charge in [-0.25, -0.2) is 0 Å². The van der Waals surface area contributed by atoms with Gasteiger partial charge in [0.25, 0.3) is 0 Å². The summed E-state index contributed by atoms with van der Waals surface area (Å²) in [5, 5.41) is 0.939. The summed E-state index contributed by atoms with van der Waals surface area (Å²) >= 11 is 11.9. The number of hydrogen-bond donors (Lipinski definition) is 1. The summed E-state index contributed by atoms with van der Waals surface area (Å²) in [4.78, 5) is 14.3. The number of benzene rings is 1. The maximum Gasteiger partial charge on any atom is 0.227 e. The van der Waals surface area contributed by atoms with Gasteiger partial charge in [0.1, 0.15) is 0 Å². The summed E-state index contributed by atoms with van der Waals surface area (Å²) in [6, 6.07) is 5.07. The number of nitrogens with two attached hydrogens (primary N) is 1. The molecule has 0 unspecified atom stereocenters. The molecule has 0 aromatic heterocycles. The lowest BCUT2D eigenvalue weighted by atomic mass is 9.85. The number of nitrogens with zero attached hydrogens (tertiary/aromatic N) is 1. The quantitative estimate of drug-likeness (QED) is 0.885. The molecular weight excluding hydrogens is 351 g/mol. The first-order valence-electron chi connectivity index (χ1n) is 8.13. The van der Waals surface area contributed by atoms with Crippen molar-refractivity contribution in [3.63, 3.8) is 0 Å². The van der Waals surface area contributed by atoms with Crippen LogP contribution in [0.4, 0.5) is 0 Å². The highest BCUT2D eigenvalue weighted by Crippen LogP contribution is 2.36. The van der Waals surface area contributed by atoms with Gasteiger partial charge in [0.2, 0.25) is 5.91 Å². The number of amides is 1. The van der Waals surface area contributed by atoms with Gasteiger partial charge in [0.05, 0.1) is 29.7 Å². The van der Waals surface area contributed by atoms with Gasteiger partial charge in [-0.1, -0.05) is 29.3 Å². The van der Waals surface area contributed by atoms with Crippen LogP contribution in [-0.4, -0.2) is 48.9 Å². The summed E-state index contributed by atoms with van der Waals surface area (Å²) in [6.45, 7) is 1.23. The first kappa shape index (κ1) is 18.0. The molecule has 0 bridgehead atoms. The molecule has 1 aromatic carbocycles. The van der Waals surface area contributed by atoms with Crippen LogP contribution in [-0.2, 0) is 20.7 Å². The van der Waals surface area contributed by atoms with Gasteiger partial charge in [-0.15, -0.1) is 0 Å². The van der Waals surface area contributed by atoms with Gasteiger partial charge in [-0.3, -0.25) is 4.79 Å². The number of likely N-dealkylation sites (N-methyl/N-ethyl adjacent to an activating group) is 1. The topological polar surface area (TPSA) is 64.8 Å². The van der Waals surface area contributed by atoms with Crippen LogP contribution < -0.4 is 5.73 Å². The molecule has 1 saturated carbocycles. The molecule has 7 heteroatoms. The van der Waals surface area contributed by atoms with Crippen molar-refractivity contribution in [1.82, 2.24) is 4.90 Å². The van der Waals surface area contributed by atoms with Crippen LogP contribution in [0.5, 0.6) is 0 Å². The van der Waals surface area contributed by atoms with Gasteiger partial charge >= 0.3 is 0 Å². The molecule has 1 aliphatic heterocycles. The monoisotopic (exact) mass is 372 g/mol. The largest absolute Gasteiger partial charge is 0.347 e. The standard InChI is InChI=1S/C17H22Cl2N2O3/c1-21(16(22)9-11-2-3-12(18)13(19)8-11)15-4-5-17(10-14(15)20)23-6-7-24-17/h2-3,8,14-15H,4-7,9-10,20H2,1H3/t14-,15-/m0/s1. The normalized spacial score (nSPS) is 25.8. The molecule has 2 atom stereocenters. The molecule has 1 aliphatic carbocycles. The number of hydrogen-bond acceptors (Lipinski definition) is 4. The van der Waals surface area contributed by atoms with E-state index in [4.69, 9.17) is 38.4 Å². The van der Waals surface area contributed by atoms with E-state index in [0.29, 0.717) is 29.7 Å². The minimum absolute atomic E-state index is 0.0121. The summed E-state index contributed by atoms with van der Waals surface area (Å²) in [5.74, 6) is -0.526. The Morgan fingerprint density at radius 3 is 2.67 bits per heavy atom. The number of halogens is 2. The average molecular weight is 373 g/mol. The van der Waals surface area contributed by atoms with Gasteiger partial charge in [-0.05, 0) is 24.1 Å². The van der Waals surface area contributed by atoms with Crippen molar-refractivity contribution in [2.24, 2.45) is 5.73 Å². The fourth-order valence-electron chi connectivity index (χ4n) is 3.55. The fraction of sp³-hybridized carbons (Fsp3) is 0.588. The molecular formula is C17H22Cl2N2O3. The molecule has 1 heterocycles. The third-order valence-electron chi connectivity index (χ3n) is 4.91. The second-order valence-electron chi connectivity index (χ2n) is 6.51. The molecule has 1 aromatic rings. The lowest BCUT2D eigenvalue weighted by Crippen LogP contribution is -2.56. The second kappa shape index (κ2) is 7.18. The van der Waals surface area contributed by atoms with Crippen molar-refractivity contribution in [3.05, 3.63) is 33.8 Å². The first-order chi connectivity index (χ1) is 11.4. The Labute approximate surface area is 152 Å². The van der Waals surface area contributed by atoms with Crippen molar-refractivity contribution < 1.29 is 14.3 Å². The first-order valence-corrected chi connectivity index (χ1v) is 8.89. The van der Waals surface area contributed by atoms with Crippen molar-refractivity contribution in [2.75, 3.05) is 20.3 Å². The van der Waals surface area contributed by atoms with E-state index in [-0.39, 0.29) is 24.4 Å². The highest BCUT2D eigenvalue weighted by atomic mass is 35.5. The zero-order valence-corrected chi connectivity index (χ0v) is 15.1. The van der Waals surface area contributed by atoms with Gasteiger partial charge in [-0.2, -0.15) is 0 Å². The zero-order valence-electron chi connectivity index (χ0n) is 13.6. The van der Waals surface area contributed by atoms with Crippen molar-refractivity contribution in [1.29, 1.82) is 0 Å². The lowest BCUT2D eigenvalue weighted by Gasteiger charge is -2.43. The Kier molecular flexibility index (Phi) is 5.37. The Balaban J connectivity index is 1.62. The van der Waals surface area contributed by atoms with Crippen LogP contribution in [0.1, 0.15) is 24.8 Å². The molecule has 2 fully saturated rings. The number of carbonyl (C=O) groups is 1. The molecule has 24 heavy (non-hydrogen) atoms. The summed E-state index contributed by atoms with van der Waals surface area (Å²) in [6.07, 6.45) is 2.41. The molecule has 3 rings (SSSR count). The predicted molar refractivity (Wildman–Crippen MR) is 93.2 cm³/mol. The molecule has 1 saturated heterocycles. The van der Waals surface area contributed by atoms with Gasteiger partial charge in [0.15, 0.2) is 5.79 Å². The molecule has 2 aliphatic rings. The maximum absolute atomic E-state index is 12.6. The minimum atomic E-state index is -0.538. The average Bonchev–Trinajstić information content (AvgIpc) is 2.98. The zero-order chi connectivity index (χ0) is 17.3. The van der Waals surface area contributed by atoms with E-state index in [2.05, 4.69) is 0 Å². The van der Waals surface area contributed by atoms with Crippen LogP contribution in [0.25, 0.3) is 0 Å². The van der Waals surface area contributed by atoms with E-state index in [9.17, 15) is 4.79 Å². The molecule has 1 amide bonds. The third-order valence-corrected chi connectivity index (χ3v) is 5.64. The number of carbonyl (C=O) groups excluding carboxylic acids is 1. The van der Waals surface area contributed by atoms with E-state index < -0.39 is 5.79 Å². The van der Waals surface area contributed by atoms with E-state index in [1.165, 1.54) is 0 Å². The maximum atomic E-state index is 12.6. The Morgan fingerprint density at radius 2 is 2.04 bits per heavy atom. The second-order valence-corrected chi connectivity index (χ2v) is 7.33. The fourth-order valence-corrected chi connectivity index (χ4v) is 3.87. The summed E-state index contributed by atoms with van der Waals surface area (Å²) < 4.78 is 11.5. The van der Waals surface area contributed by atoms with Crippen LogP contribution in [0.15, 0.2) is 18.2 Å². The molecule has 1 spiro atoms. The van der Waals surface area contributed by atoms with Crippen LogP contribution in [0, 0.1) is 0 Å². The van der Waals surface area contributed by atoms with Crippen molar-refractivity contribution in [2.45, 2.75) is 43.6 Å².